The Balaban J connectivity index is 1.22. The topological polar surface area (TPSA) is 25.8 Å². The van der Waals surface area contributed by atoms with Gasteiger partial charge in [0.1, 0.15) is 0 Å². The van der Waals surface area contributed by atoms with E-state index in [2.05, 4.69) is 208 Å². The summed E-state index contributed by atoms with van der Waals surface area (Å²) in [6, 6.07) is 71.4. The Labute approximate surface area is 349 Å². The van der Waals surface area contributed by atoms with Crippen molar-refractivity contribution in [2.24, 2.45) is 0 Å². The fraction of sp³-hybridized carbons (Fsp3) is 0.0714. The summed E-state index contributed by atoms with van der Waals surface area (Å²) in [7, 11) is 0. The normalized spacial score (nSPS) is 16.1. The molecule has 0 amide bonds. The van der Waals surface area contributed by atoms with Crippen LogP contribution in [0.25, 0.3) is 67.3 Å². The average molecular weight is 771 g/mol. The van der Waals surface area contributed by atoms with E-state index in [0.29, 0.717) is 5.82 Å². The van der Waals surface area contributed by atoms with Crippen molar-refractivity contribution in [3.63, 3.8) is 0 Å². The first-order valence-electron chi connectivity index (χ1n) is 20.4. The standard InChI is InChI=1S/C56H38N2S/c1-55(2)44-25-13-11-24-41(44)43-32-49-53(33-47(43)55)59-52-28-16-15-27-46(52)56(49)45-26-14-12-23-40(45)38-21-9-10-22-39(38)42-30-29-37(31-48(42)56)54-57-50(35-17-5-3-6-18-35)34-51(58-54)36-19-7-4-8-20-36/h3-34H,1-2H3. The first-order valence-corrected chi connectivity index (χ1v) is 21.2. The van der Waals surface area contributed by atoms with Crippen LogP contribution >= 0.6 is 11.8 Å². The van der Waals surface area contributed by atoms with Crippen LogP contribution in [0.4, 0.5) is 0 Å². The van der Waals surface area contributed by atoms with Gasteiger partial charge in [0.15, 0.2) is 5.82 Å². The summed E-state index contributed by atoms with van der Waals surface area (Å²) in [5.41, 5.74) is 19.6. The Morgan fingerprint density at radius 3 is 1.53 bits per heavy atom. The van der Waals surface area contributed by atoms with Gasteiger partial charge in [-0.25, -0.2) is 9.97 Å². The van der Waals surface area contributed by atoms with Gasteiger partial charge in [-0.1, -0.05) is 189 Å². The Morgan fingerprint density at radius 1 is 0.339 bits per heavy atom. The highest BCUT2D eigenvalue weighted by Crippen LogP contribution is 2.63. The van der Waals surface area contributed by atoms with Crippen molar-refractivity contribution < 1.29 is 0 Å². The van der Waals surface area contributed by atoms with Crippen LogP contribution in [-0.4, -0.2) is 9.97 Å². The van der Waals surface area contributed by atoms with Crippen molar-refractivity contribution in [2.75, 3.05) is 0 Å². The van der Waals surface area contributed by atoms with Gasteiger partial charge in [0.05, 0.1) is 16.8 Å². The van der Waals surface area contributed by atoms with E-state index in [9.17, 15) is 0 Å². The Morgan fingerprint density at radius 2 is 0.864 bits per heavy atom. The lowest BCUT2D eigenvalue weighted by atomic mass is 9.62. The molecule has 8 aromatic carbocycles. The SMILES string of the molecule is CC1(C)c2ccccc2-c2cc3c(cc21)Sc1ccccc1C31c2ccccc2-c2ccccc2-c2ccc(-c3nc(-c4ccccc4)cc(-c4ccccc4)n3)cc21. The van der Waals surface area contributed by atoms with Gasteiger partial charge in [0.2, 0.25) is 0 Å². The maximum absolute atomic E-state index is 5.36. The van der Waals surface area contributed by atoms with Crippen molar-refractivity contribution in [3.8, 4) is 67.3 Å². The average Bonchev–Trinajstić information content (AvgIpc) is 3.46. The lowest BCUT2D eigenvalue weighted by Gasteiger charge is -2.43. The summed E-state index contributed by atoms with van der Waals surface area (Å²) in [5.74, 6) is 0.706. The van der Waals surface area contributed by atoms with Crippen molar-refractivity contribution in [3.05, 3.63) is 228 Å². The van der Waals surface area contributed by atoms with Gasteiger partial charge in [-0.15, -0.1) is 0 Å². The third-order valence-electron chi connectivity index (χ3n) is 13.0. The van der Waals surface area contributed by atoms with Gasteiger partial charge in [-0.05, 0) is 97.1 Å². The molecule has 0 radical (unpaired) electrons. The van der Waals surface area contributed by atoms with Crippen molar-refractivity contribution in [1.82, 2.24) is 9.97 Å². The van der Waals surface area contributed by atoms with Crippen LogP contribution in [0.1, 0.15) is 47.2 Å². The summed E-state index contributed by atoms with van der Waals surface area (Å²) in [6.45, 7) is 4.77. The second kappa shape index (κ2) is 12.8. The van der Waals surface area contributed by atoms with Gasteiger partial charge in [-0.2, -0.15) is 0 Å². The Bertz CT molecular complexity index is 3110. The molecule has 59 heavy (non-hydrogen) atoms. The van der Waals surface area contributed by atoms with E-state index in [4.69, 9.17) is 9.97 Å². The second-order valence-electron chi connectivity index (χ2n) is 16.5. The molecule has 278 valence electrons. The molecule has 1 atom stereocenters. The van der Waals surface area contributed by atoms with E-state index in [1.165, 1.54) is 76.6 Å². The van der Waals surface area contributed by atoms with Crippen molar-refractivity contribution in [2.45, 2.75) is 34.5 Å². The predicted octanol–water partition coefficient (Wildman–Crippen LogP) is 14.3. The quantitative estimate of drug-likeness (QED) is 0.179. The zero-order chi connectivity index (χ0) is 39.3. The van der Waals surface area contributed by atoms with Crippen LogP contribution in [0.15, 0.2) is 204 Å². The fourth-order valence-electron chi connectivity index (χ4n) is 10.3. The maximum Gasteiger partial charge on any atom is 0.160 e. The van der Waals surface area contributed by atoms with Crippen LogP contribution in [0.5, 0.6) is 0 Å². The number of rotatable bonds is 3. The Hall–Kier alpha value is -6.81. The highest BCUT2D eigenvalue weighted by Gasteiger charge is 2.50. The minimum Gasteiger partial charge on any atom is -0.228 e. The summed E-state index contributed by atoms with van der Waals surface area (Å²) >= 11 is 1.91. The zero-order valence-corrected chi connectivity index (χ0v) is 33.6. The molecule has 2 aliphatic carbocycles. The predicted molar refractivity (Wildman–Crippen MR) is 243 cm³/mol. The molecule has 0 saturated heterocycles. The molecule has 0 saturated carbocycles. The molecule has 3 heteroatoms. The number of nitrogens with zero attached hydrogens (tertiary/aromatic N) is 2. The van der Waals surface area contributed by atoms with Crippen molar-refractivity contribution in [1.29, 1.82) is 0 Å². The number of benzene rings is 8. The number of hydrogen-bond acceptors (Lipinski definition) is 3. The highest BCUT2D eigenvalue weighted by atomic mass is 32.2. The molecule has 12 rings (SSSR count). The lowest BCUT2D eigenvalue weighted by molar-refractivity contribution is 0.653. The molecular weight excluding hydrogens is 733 g/mol. The molecule has 0 fully saturated rings. The minimum atomic E-state index is -0.672. The van der Waals surface area contributed by atoms with Crippen LogP contribution in [-0.2, 0) is 10.8 Å². The number of fused-ring (bicyclic) bond motifs is 14. The summed E-state index contributed by atoms with van der Waals surface area (Å²) in [5, 5.41) is 0. The number of hydrogen-bond donors (Lipinski definition) is 0. The second-order valence-corrected chi connectivity index (χ2v) is 17.5. The first kappa shape index (κ1) is 34.3. The number of aromatic nitrogens is 2. The van der Waals surface area contributed by atoms with Gasteiger partial charge < -0.3 is 0 Å². The maximum atomic E-state index is 5.36. The fourth-order valence-corrected chi connectivity index (χ4v) is 11.5. The van der Waals surface area contributed by atoms with E-state index in [1.54, 1.807) is 0 Å². The van der Waals surface area contributed by atoms with E-state index >= 15 is 0 Å². The van der Waals surface area contributed by atoms with Gasteiger partial charge >= 0.3 is 0 Å². The smallest absolute Gasteiger partial charge is 0.160 e. The molecular formula is C56H38N2S. The van der Waals surface area contributed by atoms with Gasteiger partial charge in [-0.3, -0.25) is 0 Å². The highest BCUT2D eigenvalue weighted by molar-refractivity contribution is 7.99. The third-order valence-corrected chi connectivity index (χ3v) is 14.1. The van der Waals surface area contributed by atoms with E-state index in [-0.39, 0.29) is 5.41 Å². The molecule has 1 unspecified atom stereocenters. The monoisotopic (exact) mass is 770 g/mol. The molecule has 0 N–H and O–H groups in total. The zero-order valence-electron chi connectivity index (χ0n) is 32.8. The van der Waals surface area contributed by atoms with E-state index in [0.717, 1.165) is 28.1 Å². The molecule has 9 aromatic rings. The lowest BCUT2D eigenvalue weighted by Crippen LogP contribution is -2.35. The molecule has 2 heterocycles. The molecule has 1 aliphatic heterocycles. The summed E-state index contributed by atoms with van der Waals surface area (Å²) < 4.78 is 0. The van der Waals surface area contributed by atoms with Crippen molar-refractivity contribution >= 4 is 11.8 Å². The van der Waals surface area contributed by atoms with Crippen LogP contribution in [0.3, 0.4) is 0 Å². The van der Waals surface area contributed by atoms with E-state index < -0.39 is 5.41 Å². The summed E-state index contributed by atoms with van der Waals surface area (Å²) in [4.78, 5) is 13.3. The van der Waals surface area contributed by atoms with Crippen LogP contribution < -0.4 is 0 Å². The van der Waals surface area contributed by atoms with Crippen LogP contribution in [0.2, 0.25) is 0 Å². The third kappa shape index (κ3) is 4.95. The molecule has 2 nitrogen and oxygen atoms in total. The van der Waals surface area contributed by atoms with Gasteiger partial charge in [0.25, 0.3) is 0 Å². The minimum absolute atomic E-state index is 0.119. The van der Waals surface area contributed by atoms with E-state index in [1.807, 2.05) is 11.8 Å². The largest absolute Gasteiger partial charge is 0.228 e. The Kier molecular flexibility index (Phi) is 7.46. The summed E-state index contributed by atoms with van der Waals surface area (Å²) in [6.07, 6.45) is 0. The first-order chi connectivity index (χ1) is 29.0. The van der Waals surface area contributed by atoms with Crippen LogP contribution in [0, 0.1) is 0 Å². The molecule has 1 aromatic heterocycles. The molecule has 3 aliphatic rings. The molecule has 0 bridgehead atoms. The molecule has 1 spiro atoms. The van der Waals surface area contributed by atoms with Gasteiger partial charge in [0, 0.05) is 31.9 Å².